The molecule has 0 bridgehead atoms. The fourth-order valence-corrected chi connectivity index (χ4v) is 1.43. The smallest absolute Gasteiger partial charge is 0.262 e. The number of anilines is 1. The molecule has 0 radical (unpaired) electrons. The van der Waals surface area contributed by atoms with E-state index < -0.39 is 6.10 Å². The third-order valence-corrected chi connectivity index (χ3v) is 2.25. The Kier molecular flexibility index (Phi) is 4.12. The zero-order chi connectivity index (χ0) is 10.8. The van der Waals surface area contributed by atoms with Crippen LogP contribution in [0.25, 0.3) is 0 Å². The first-order valence-electron chi connectivity index (χ1n) is 4.65. The minimum Gasteiger partial charge on any atom is -0.482 e. The minimum absolute atomic E-state index is 0. The van der Waals surface area contributed by atoms with Crippen LogP contribution in [0.4, 0.5) is 5.69 Å². The first-order valence-corrected chi connectivity index (χ1v) is 4.65. The first-order chi connectivity index (χ1) is 7.20. The average Bonchev–Trinajstić information content (AvgIpc) is 2.27. The number of carbonyl (C=O) groups excluding carboxylic acids is 1. The van der Waals surface area contributed by atoms with E-state index >= 15 is 0 Å². The second-order valence-corrected chi connectivity index (χ2v) is 3.34. The van der Waals surface area contributed by atoms with Crippen LogP contribution in [0.5, 0.6) is 5.75 Å². The predicted octanol–water partition coefficient (Wildman–Crippen LogP) is 0.431. The van der Waals surface area contributed by atoms with Crippen molar-refractivity contribution < 1.29 is 14.6 Å². The number of amides is 1. The Labute approximate surface area is 99.0 Å². The number of carbonyl (C=O) groups is 1. The second kappa shape index (κ2) is 5.16. The lowest BCUT2D eigenvalue weighted by atomic mass is 10.1. The number of hydrogen-bond donors (Lipinski definition) is 3. The molecule has 0 aromatic heterocycles. The molecule has 1 amide bonds. The lowest BCUT2D eigenvalue weighted by Crippen LogP contribution is -2.25. The second-order valence-electron chi connectivity index (χ2n) is 3.34. The molecule has 1 aromatic rings. The highest BCUT2D eigenvalue weighted by molar-refractivity contribution is 5.95. The van der Waals surface area contributed by atoms with Gasteiger partial charge in [-0.1, -0.05) is 6.07 Å². The number of benzene rings is 1. The summed E-state index contributed by atoms with van der Waals surface area (Å²) in [6.07, 6.45) is -0.698. The van der Waals surface area contributed by atoms with Crippen molar-refractivity contribution in [2.45, 2.75) is 6.10 Å². The molecule has 2 rings (SSSR count). The van der Waals surface area contributed by atoms with E-state index in [1.165, 1.54) is 0 Å². The van der Waals surface area contributed by atoms with Crippen LogP contribution in [-0.2, 0) is 4.79 Å². The normalized spacial score (nSPS) is 15.2. The van der Waals surface area contributed by atoms with E-state index in [0.717, 1.165) is 0 Å². The van der Waals surface area contributed by atoms with Gasteiger partial charge in [0.05, 0.1) is 11.8 Å². The maximum Gasteiger partial charge on any atom is 0.262 e. The van der Waals surface area contributed by atoms with Gasteiger partial charge in [-0.25, -0.2) is 0 Å². The van der Waals surface area contributed by atoms with Crippen LogP contribution in [0.15, 0.2) is 18.2 Å². The Morgan fingerprint density at radius 2 is 2.31 bits per heavy atom. The van der Waals surface area contributed by atoms with Gasteiger partial charge in [0.2, 0.25) is 0 Å². The van der Waals surface area contributed by atoms with Gasteiger partial charge in [0.15, 0.2) is 6.61 Å². The van der Waals surface area contributed by atoms with E-state index in [2.05, 4.69) is 5.32 Å². The summed E-state index contributed by atoms with van der Waals surface area (Å²) >= 11 is 0. The number of aliphatic hydroxyl groups is 1. The standard InChI is InChI=1S/C10H12N2O3.ClH/c11-4-8(13)6-1-2-7-9(3-6)15-5-10(14)12-7;/h1-3,8,13H,4-5,11H2,(H,12,14);1H. The third kappa shape index (κ3) is 2.44. The third-order valence-electron chi connectivity index (χ3n) is 2.25. The van der Waals surface area contributed by atoms with Crippen LogP contribution in [0, 0.1) is 0 Å². The summed E-state index contributed by atoms with van der Waals surface area (Å²) < 4.78 is 5.21. The van der Waals surface area contributed by atoms with Gasteiger partial charge in [-0.2, -0.15) is 0 Å². The number of halogens is 1. The Balaban J connectivity index is 0.00000128. The van der Waals surface area contributed by atoms with E-state index in [4.69, 9.17) is 10.5 Å². The average molecular weight is 245 g/mol. The lowest BCUT2D eigenvalue weighted by Gasteiger charge is -2.19. The summed E-state index contributed by atoms with van der Waals surface area (Å²) in [5.41, 5.74) is 6.65. The maximum atomic E-state index is 11.0. The first kappa shape index (κ1) is 12.8. The Morgan fingerprint density at radius 1 is 1.56 bits per heavy atom. The van der Waals surface area contributed by atoms with Gasteiger partial charge in [-0.05, 0) is 17.7 Å². The Hall–Kier alpha value is -1.30. The van der Waals surface area contributed by atoms with Crippen molar-refractivity contribution in [3.05, 3.63) is 23.8 Å². The van der Waals surface area contributed by atoms with Crippen LogP contribution in [0.2, 0.25) is 0 Å². The molecule has 0 fully saturated rings. The van der Waals surface area contributed by atoms with Crippen LogP contribution in [-0.4, -0.2) is 24.2 Å². The maximum absolute atomic E-state index is 11.0. The van der Waals surface area contributed by atoms with Gasteiger partial charge >= 0.3 is 0 Å². The van der Waals surface area contributed by atoms with Crippen molar-refractivity contribution in [1.29, 1.82) is 0 Å². The number of hydrogen-bond acceptors (Lipinski definition) is 4. The van der Waals surface area contributed by atoms with Crippen LogP contribution >= 0.6 is 12.4 Å². The van der Waals surface area contributed by atoms with Crippen LogP contribution in [0.3, 0.4) is 0 Å². The molecule has 6 heteroatoms. The molecular weight excluding hydrogens is 232 g/mol. The van der Waals surface area contributed by atoms with E-state index in [1.54, 1.807) is 18.2 Å². The number of nitrogens with two attached hydrogens (primary N) is 1. The number of nitrogens with one attached hydrogen (secondary N) is 1. The fraction of sp³-hybridized carbons (Fsp3) is 0.300. The highest BCUT2D eigenvalue weighted by Crippen LogP contribution is 2.30. The highest BCUT2D eigenvalue weighted by atomic mass is 35.5. The van der Waals surface area contributed by atoms with E-state index in [9.17, 15) is 9.90 Å². The summed E-state index contributed by atoms with van der Waals surface area (Å²) in [6.45, 7) is 0.167. The number of rotatable bonds is 2. The predicted molar refractivity (Wildman–Crippen MR) is 61.8 cm³/mol. The lowest BCUT2D eigenvalue weighted by molar-refractivity contribution is -0.118. The number of aliphatic hydroxyl groups excluding tert-OH is 1. The molecule has 1 unspecified atom stereocenters. The number of fused-ring (bicyclic) bond motifs is 1. The van der Waals surface area contributed by atoms with Gasteiger partial charge in [-0.15, -0.1) is 12.4 Å². The quantitative estimate of drug-likeness (QED) is 0.705. The van der Waals surface area contributed by atoms with E-state index in [-0.39, 0.29) is 31.5 Å². The highest BCUT2D eigenvalue weighted by Gasteiger charge is 2.17. The summed E-state index contributed by atoms with van der Waals surface area (Å²) in [5.74, 6) is 0.397. The summed E-state index contributed by atoms with van der Waals surface area (Å²) in [5, 5.41) is 12.2. The summed E-state index contributed by atoms with van der Waals surface area (Å²) in [7, 11) is 0. The van der Waals surface area contributed by atoms with Gasteiger partial charge in [-0.3, -0.25) is 4.79 Å². The molecule has 1 aliphatic heterocycles. The molecule has 4 N–H and O–H groups in total. The van der Waals surface area contributed by atoms with Gasteiger partial charge in [0.25, 0.3) is 5.91 Å². The van der Waals surface area contributed by atoms with Crippen molar-refractivity contribution >= 4 is 24.0 Å². The van der Waals surface area contributed by atoms with Crippen molar-refractivity contribution in [1.82, 2.24) is 0 Å². The Morgan fingerprint density at radius 3 is 3.00 bits per heavy atom. The molecule has 1 aromatic carbocycles. The van der Waals surface area contributed by atoms with Crippen molar-refractivity contribution in [2.75, 3.05) is 18.5 Å². The largest absolute Gasteiger partial charge is 0.482 e. The number of ether oxygens (including phenoxy) is 1. The topological polar surface area (TPSA) is 84.6 Å². The zero-order valence-corrected chi connectivity index (χ0v) is 9.29. The van der Waals surface area contributed by atoms with Crippen molar-refractivity contribution in [3.8, 4) is 5.75 Å². The summed E-state index contributed by atoms with van der Waals surface area (Å²) in [6, 6.07) is 5.10. The molecule has 16 heavy (non-hydrogen) atoms. The molecule has 0 spiro atoms. The van der Waals surface area contributed by atoms with Crippen molar-refractivity contribution in [2.24, 2.45) is 5.73 Å². The molecule has 0 aliphatic carbocycles. The van der Waals surface area contributed by atoms with E-state index in [1.807, 2.05) is 0 Å². The van der Waals surface area contributed by atoms with Gasteiger partial charge in [0, 0.05) is 6.54 Å². The molecule has 5 nitrogen and oxygen atoms in total. The minimum atomic E-state index is -0.698. The molecule has 0 saturated heterocycles. The van der Waals surface area contributed by atoms with Crippen LogP contribution < -0.4 is 15.8 Å². The molecule has 1 aliphatic rings. The van der Waals surface area contributed by atoms with E-state index in [0.29, 0.717) is 17.0 Å². The van der Waals surface area contributed by atoms with Crippen molar-refractivity contribution in [3.63, 3.8) is 0 Å². The molecule has 1 atom stereocenters. The van der Waals surface area contributed by atoms with Gasteiger partial charge in [0.1, 0.15) is 5.75 Å². The molecule has 1 heterocycles. The SMILES string of the molecule is Cl.NCC(O)c1ccc2c(c1)OCC(=O)N2. The monoisotopic (exact) mass is 244 g/mol. The molecule has 88 valence electrons. The summed E-state index contributed by atoms with van der Waals surface area (Å²) in [4.78, 5) is 11.0. The van der Waals surface area contributed by atoms with Gasteiger partial charge < -0.3 is 20.9 Å². The fourth-order valence-electron chi connectivity index (χ4n) is 1.43. The molecule has 0 saturated carbocycles. The zero-order valence-electron chi connectivity index (χ0n) is 8.47. The molecular formula is C10H13ClN2O3. The van der Waals surface area contributed by atoms with Crippen LogP contribution in [0.1, 0.15) is 11.7 Å². The Bertz CT molecular complexity index is 398.